The number of aromatic nitrogens is 2. The Morgan fingerprint density at radius 1 is 1.40 bits per heavy atom. The Labute approximate surface area is 118 Å². The van der Waals surface area contributed by atoms with Crippen LogP contribution in [0.4, 0.5) is 4.79 Å². The molecule has 7 nitrogen and oxygen atoms in total. The third-order valence-electron chi connectivity index (χ3n) is 3.23. The lowest BCUT2D eigenvalue weighted by molar-refractivity contribution is -0.139. The Balaban J connectivity index is 2.58. The average Bonchev–Trinajstić information content (AvgIpc) is 2.79. The van der Waals surface area contributed by atoms with E-state index in [2.05, 4.69) is 20.6 Å². The molecular weight excluding hydrogens is 260 g/mol. The van der Waals surface area contributed by atoms with E-state index >= 15 is 0 Å². The molecule has 0 saturated heterocycles. The molecule has 0 aliphatic carbocycles. The Morgan fingerprint density at radius 2 is 2.05 bits per heavy atom. The van der Waals surface area contributed by atoms with Gasteiger partial charge in [0, 0.05) is 24.4 Å². The minimum Gasteiger partial charge on any atom is -0.480 e. The standard InChI is InChI=1S/C13H22N4O3/c1-8(13(2,3)4)16-12(20)17-10(11(18)19)5-9-6-14-7-15-9/h6-8,10H,5H2,1-4H3,(H,14,15)(H,18,19)(H2,16,17,20)/t8?,10-/m1/s1. The normalized spacial score (nSPS) is 14.4. The number of aliphatic carboxylic acids is 1. The van der Waals surface area contributed by atoms with Gasteiger partial charge in [0.1, 0.15) is 6.04 Å². The maximum absolute atomic E-state index is 11.8. The third kappa shape index (κ3) is 4.91. The Morgan fingerprint density at radius 3 is 2.50 bits per heavy atom. The molecule has 1 aromatic rings. The molecule has 7 heteroatoms. The molecule has 4 N–H and O–H groups in total. The summed E-state index contributed by atoms with van der Waals surface area (Å²) >= 11 is 0. The van der Waals surface area contributed by atoms with Crippen molar-refractivity contribution in [3.8, 4) is 0 Å². The van der Waals surface area contributed by atoms with Crippen LogP contribution in [0.3, 0.4) is 0 Å². The molecule has 112 valence electrons. The number of carboxylic acid groups (broad SMARTS) is 1. The number of aromatic amines is 1. The summed E-state index contributed by atoms with van der Waals surface area (Å²) in [7, 11) is 0. The van der Waals surface area contributed by atoms with E-state index in [0.717, 1.165) is 0 Å². The average molecular weight is 282 g/mol. The van der Waals surface area contributed by atoms with Crippen molar-refractivity contribution in [2.75, 3.05) is 0 Å². The lowest BCUT2D eigenvalue weighted by Crippen LogP contribution is -2.51. The lowest BCUT2D eigenvalue weighted by atomic mass is 9.88. The highest BCUT2D eigenvalue weighted by Gasteiger charge is 2.25. The van der Waals surface area contributed by atoms with Crippen molar-refractivity contribution < 1.29 is 14.7 Å². The topological polar surface area (TPSA) is 107 Å². The number of imidazole rings is 1. The fourth-order valence-electron chi connectivity index (χ4n) is 1.43. The highest BCUT2D eigenvalue weighted by Crippen LogP contribution is 2.18. The van der Waals surface area contributed by atoms with E-state index in [9.17, 15) is 9.59 Å². The molecule has 0 saturated carbocycles. The number of hydrogen-bond acceptors (Lipinski definition) is 3. The smallest absolute Gasteiger partial charge is 0.326 e. The second kappa shape index (κ2) is 6.40. The first-order valence-electron chi connectivity index (χ1n) is 6.47. The van der Waals surface area contributed by atoms with E-state index in [1.807, 2.05) is 27.7 Å². The number of carbonyl (C=O) groups excluding carboxylic acids is 1. The van der Waals surface area contributed by atoms with Gasteiger partial charge in [0.2, 0.25) is 0 Å². The van der Waals surface area contributed by atoms with Crippen LogP contribution in [0, 0.1) is 5.41 Å². The second-order valence-corrected chi connectivity index (χ2v) is 5.88. The number of carboxylic acids is 1. The maximum Gasteiger partial charge on any atom is 0.326 e. The highest BCUT2D eigenvalue weighted by atomic mass is 16.4. The van der Waals surface area contributed by atoms with Gasteiger partial charge < -0.3 is 20.7 Å². The summed E-state index contributed by atoms with van der Waals surface area (Å²) in [5.74, 6) is -1.09. The maximum atomic E-state index is 11.8. The van der Waals surface area contributed by atoms with Gasteiger partial charge in [0.15, 0.2) is 0 Å². The van der Waals surface area contributed by atoms with Crippen LogP contribution in [0.5, 0.6) is 0 Å². The van der Waals surface area contributed by atoms with Crippen LogP contribution in [0.2, 0.25) is 0 Å². The Hall–Kier alpha value is -2.05. The molecule has 1 heterocycles. The van der Waals surface area contributed by atoms with Gasteiger partial charge >= 0.3 is 12.0 Å². The number of urea groups is 1. The molecule has 2 atom stereocenters. The molecule has 1 rings (SSSR count). The minimum atomic E-state index is -1.09. The zero-order valence-corrected chi connectivity index (χ0v) is 12.2. The number of H-pyrrole nitrogens is 1. The molecule has 0 aromatic carbocycles. The van der Waals surface area contributed by atoms with Crippen molar-refractivity contribution in [3.05, 3.63) is 18.2 Å². The Kier molecular flexibility index (Phi) is 5.12. The number of nitrogens with zero attached hydrogens (tertiary/aromatic N) is 1. The summed E-state index contributed by atoms with van der Waals surface area (Å²) in [6.07, 6.45) is 3.16. The fraction of sp³-hybridized carbons (Fsp3) is 0.615. The van der Waals surface area contributed by atoms with Crippen LogP contribution in [0.25, 0.3) is 0 Å². The molecule has 2 amide bonds. The summed E-state index contributed by atoms with van der Waals surface area (Å²) in [5, 5.41) is 14.3. The van der Waals surface area contributed by atoms with Gasteiger partial charge in [-0.3, -0.25) is 0 Å². The number of nitrogens with one attached hydrogen (secondary N) is 3. The SMILES string of the molecule is CC(NC(=O)N[C@H](Cc1cnc[nH]1)C(=O)O)C(C)(C)C. The molecule has 0 fully saturated rings. The Bertz CT molecular complexity index is 451. The van der Waals surface area contributed by atoms with Crippen LogP contribution in [0.15, 0.2) is 12.5 Å². The molecular formula is C13H22N4O3. The van der Waals surface area contributed by atoms with Gasteiger partial charge in [-0.2, -0.15) is 0 Å². The zero-order chi connectivity index (χ0) is 15.3. The van der Waals surface area contributed by atoms with Crippen LogP contribution in [0.1, 0.15) is 33.4 Å². The van der Waals surface area contributed by atoms with E-state index in [1.54, 1.807) is 0 Å². The van der Waals surface area contributed by atoms with Gasteiger partial charge in [-0.1, -0.05) is 20.8 Å². The summed E-state index contributed by atoms with van der Waals surface area (Å²) in [6, 6.07) is -1.56. The predicted molar refractivity (Wildman–Crippen MR) is 74.3 cm³/mol. The van der Waals surface area contributed by atoms with Crippen LogP contribution in [-0.4, -0.2) is 39.2 Å². The van der Waals surface area contributed by atoms with E-state index in [1.165, 1.54) is 12.5 Å². The van der Waals surface area contributed by atoms with Crippen molar-refractivity contribution in [2.45, 2.75) is 46.2 Å². The van der Waals surface area contributed by atoms with Gasteiger partial charge in [-0.25, -0.2) is 14.6 Å². The number of amides is 2. The van der Waals surface area contributed by atoms with Gasteiger partial charge in [-0.15, -0.1) is 0 Å². The largest absolute Gasteiger partial charge is 0.480 e. The third-order valence-corrected chi connectivity index (χ3v) is 3.23. The number of carbonyl (C=O) groups is 2. The minimum absolute atomic E-state index is 0.0795. The first-order chi connectivity index (χ1) is 9.20. The van der Waals surface area contributed by atoms with E-state index in [-0.39, 0.29) is 17.9 Å². The molecule has 0 radical (unpaired) electrons. The van der Waals surface area contributed by atoms with E-state index < -0.39 is 18.0 Å². The molecule has 0 aliphatic heterocycles. The van der Waals surface area contributed by atoms with Crippen LogP contribution in [-0.2, 0) is 11.2 Å². The van der Waals surface area contributed by atoms with Crippen molar-refractivity contribution in [1.29, 1.82) is 0 Å². The second-order valence-electron chi connectivity index (χ2n) is 5.88. The van der Waals surface area contributed by atoms with E-state index in [0.29, 0.717) is 5.69 Å². The first-order valence-corrected chi connectivity index (χ1v) is 6.47. The highest BCUT2D eigenvalue weighted by molar-refractivity contribution is 5.82. The predicted octanol–water partition coefficient (Wildman–Crippen LogP) is 1.14. The zero-order valence-electron chi connectivity index (χ0n) is 12.2. The van der Waals surface area contributed by atoms with Gasteiger partial charge in [0.05, 0.1) is 6.33 Å². The summed E-state index contributed by atoms with van der Waals surface area (Å²) in [4.78, 5) is 29.6. The first kappa shape index (κ1) is 16.0. The molecule has 0 spiro atoms. The molecule has 1 aromatic heterocycles. The molecule has 0 bridgehead atoms. The molecule has 1 unspecified atom stereocenters. The lowest BCUT2D eigenvalue weighted by Gasteiger charge is -2.28. The number of rotatable bonds is 5. The van der Waals surface area contributed by atoms with Crippen molar-refractivity contribution in [2.24, 2.45) is 5.41 Å². The summed E-state index contributed by atoms with van der Waals surface area (Å²) < 4.78 is 0. The van der Waals surface area contributed by atoms with Crippen molar-refractivity contribution in [3.63, 3.8) is 0 Å². The van der Waals surface area contributed by atoms with Crippen LogP contribution < -0.4 is 10.6 Å². The van der Waals surface area contributed by atoms with Crippen LogP contribution >= 0.6 is 0 Å². The number of hydrogen-bond donors (Lipinski definition) is 4. The van der Waals surface area contributed by atoms with E-state index in [4.69, 9.17) is 5.11 Å². The monoisotopic (exact) mass is 282 g/mol. The van der Waals surface area contributed by atoms with Gasteiger partial charge in [-0.05, 0) is 12.3 Å². The molecule has 0 aliphatic rings. The summed E-state index contributed by atoms with van der Waals surface area (Å²) in [5.41, 5.74) is 0.556. The van der Waals surface area contributed by atoms with Crippen molar-refractivity contribution in [1.82, 2.24) is 20.6 Å². The van der Waals surface area contributed by atoms with Crippen molar-refractivity contribution >= 4 is 12.0 Å². The summed E-state index contributed by atoms with van der Waals surface area (Å²) in [6.45, 7) is 7.87. The quantitative estimate of drug-likeness (QED) is 0.649. The van der Waals surface area contributed by atoms with Gasteiger partial charge in [0.25, 0.3) is 0 Å². The fourth-order valence-corrected chi connectivity index (χ4v) is 1.43. The molecule has 20 heavy (non-hydrogen) atoms.